The number of benzene rings is 3. The highest BCUT2D eigenvalue weighted by Gasteiger charge is 2.33. The molecule has 3 aromatic rings. The molecule has 0 heterocycles. The van der Waals surface area contributed by atoms with Gasteiger partial charge in [0.05, 0.1) is 24.8 Å². The minimum Gasteiger partial charge on any atom is -0.493 e. The zero-order chi connectivity index (χ0) is 31.9. The first-order valence-electron chi connectivity index (χ1n) is 14.2. The van der Waals surface area contributed by atoms with Gasteiger partial charge in [0.25, 0.3) is 10.0 Å². The Kier molecular flexibility index (Phi) is 11.2. The Morgan fingerprint density at radius 2 is 1.42 bits per heavy atom. The molecular weight excluding hydrogens is 566 g/mol. The topological polar surface area (TPSA) is 105 Å². The average molecular weight is 610 g/mol. The molecule has 0 aliphatic heterocycles. The SMILES string of the molecule is COc1ccc(S(=O)(=O)N(CC(=O)N(Cc2ccc(C)cc2)[C@@H](C)C(=O)NCC(C)C)c2cc(C)cc(C)c2)cc1OC. The van der Waals surface area contributed by atoms with Crippen LogP contribution in [0.5, 0.6) is 11.5 Å². The number of carbonyl (C=O) groups excluding carboxylic acids is 2. The van der Waals surface area contributed by atoms with Crippen molar-refractivity contribution >= 4 is 27.5 Å². The summed E-state index contributed by atoms with van der Waals surface area (Å²) < 4.78 is 40.2. The highest BCUT2D eigenvalue weighted by atomic mass is 32.2. The Labute approximate surface area is 255 Å². The molecule has 3 aromatic carbocycles. The van der Waals surface area contributed by atoms with Crippen LogP contribution in [0.15, 0.2) is 65.6 Å². The van der Waals surface area contributed by atoms with E-state index >= 15 is 0 Å². The molecule has 0 saturated heterocycles. The molecule has 0 aliphatic rings. The van der Waals surface area contributed by atoms with E-state index in [2.05, 4.69) is 5.32 Å². The van der Waals surface area contributed by atoms with Crippen LogP contribution in [-0.2, 0) is 26.2 Å². The fourth-order valence-corrected chi connectivity index (χ4v) is 6.07. The van der Waals surface area contributed by atoms with E-state index in [-0.39, 0.29) is 29.0 Å². The first kappa shape index (κ1) is 33.5. The molecule has 9 nitrogen and oxygen atoms in total. The number of carbonyl (C=O) groups is 2. The smallest absolute Gasteiger partial charge is 0.264 e. The van der Waals surface area contributed by atoms with Gasteiger partial charge >= 0.3 is 0 Å². The normalized spacial score (nSPS) is 12.0. The van der Waals surface area contributed by atoms with Gasteiger partial charge in [-0.15, -0.1) is 0 Å². The van der Waals surface area contributed by atoms with Crippen molar-refractivity contribution in [3.05, 3.63) is 82.9 Å². The van der Waals surface area contributed by atoms with Crippen LogP contribution in [0, 0.1) is 26.7 Å². The van der Waals surface area contributed by atoms with E-state index in [1.54, 1.807) is 19.1 Å². The van der Waals surface area contributed by atoms with E-state index in [1.165, 1.54) is 37.3 Å². The summed E-state index contributed by atoms with van der Waals surface area (Å²) in [5.74, 6) is 0.0163. The van der Waals surface area contributed by atoms with Crippen molar-refractivity contribution in [1.29, 1.82) is 0 Å². The molecule has 0 aliphatic carbocycles. The van der Waals surface area contributed by atoms with Crippen molar-refractivity contribution in [2.45, 2.75) is 59.0 Å². The second-order valence-corrected chi connectivity index (χ2v) is 13.1. The Morgan fingerprint density at radius 1 is 0.814 bits per heavy atom. The Hall–Kier alpha value is -4.05. The Morgan fingerprint density at radius 3 is 1.98 bits per heavy atom. The van der Waals surface area contributed by atoms with Crippen molar-refractivity contribution in [1.82, 2.24) is 10.2 Å². The highest BCUT2D eigenvalue weighted by molar-refractivity contribution is 7.92. The quantitative estimate of drug-likeness (QED) is 0.292. The monoisotopic (exact) mass is 609 g/mol. The number of nitrogens with one attached hydrogen (secondary N) is 1. The van der Waals surface area contributed by atoms with Gasteiger partial charge in [0.2, 0.25) is 11.8 Å². The number of sulfonamides is 1. The van der Waals surface area contributed by atoms with Gasteiger partial charge in [-0.3, -0.25) is 13.9 Å². The number of amides is 2. The molecule has 0 spiro atoms. The van der Waals surface area contributed by atoms with E-state index in [0.717, 1.165) is 26.6 Å². The lowest BCUT2D eigenvalue weighted by molar-refractivity contribution is -0.139. The van der Waals surface area contributed by atoms with E-state index < -0.39 is 28.5 Å². The summed E-state index contributed by atoms with van der Waals surface area (Å²) in [6.07, 6.45) is 0. The molecule has 0 radical (unpaired) electrons. The second kappa shape index (κ2) is 14.4. The van der Waals surface area contributed by atoms with Crippen molar-refractivity contribution in [3.8, 4) is 11.5 Å². The molecule has 0 aromatic heterocycles. The molecule has 3 rings (SSSR count). The molecule has 1 N–H and O–H groups in total. The molecule has 0 bridgehead atoms. The molecular formula is C33H43N3O6S. The fraction of sp³-hybridized carbons (Fsp3) is 0.394. The predicted octanol–water partition coefficient (Wildman–Crippen LogP) is 5.01. The Balaban J connectivity index is 2.09. The lowest BCUT2D eigenvalue weighted by atomic mass is 10.1. The van der Waals surface area contributed by atoms with E-state index in [1.807, 2.05) is 65.0 Å². The number of aryl methyl sites for hydroxylation is 3. The number of ether oxygens (including phenoxy) is 2. The standard InChI is InChI=1S/C33H43N3O6S/c1-22(2)19-34-33(38)26(6)35(20-27-11-9-23(3)10-12-27)32(37)21-36(28-16-24(4)15-25(5)17-28)43(39,40)29-13-14-30(41-7)31(18-29)42-8/h9-18,22,26H,19-21H2,1-8H3,(H,34,38)/t26-/m0/s1. The summed E-state index contributed by atoms with van der Waals surface area (Å²) in [7, 11) is -1.38. The van der Waals surface area contributed by atoms with Gasteiger partial charge in [0.1, 0.15) is 12.6 Å². The highest BCUT2D eigenvalue weighted by Crippen LogP contribution is 2.33. The van der Waals surface area contributed by atoms with Gasteiger partial charge < -0.3 is 19.7 Å². The zero-order valence-corrected chi connectivity index (χ0v) is 27.1. The van der Waals surface area contributed by atoms with Crippen LogP contribution in [0.25, 0.3) is 0 Å². The van der Waals surface area contributed by atoms with Gasteiger partial charge in [-0.1, -0.05) is 49.7 Å². The maximum atomic E-state index is 14.2. The van der Waals surface area contributed by atoms with E-state index in [0.29, 0.717) is 18.0 Å². The molecule has 0 fully saturated rings. The molecule has 2 amide bonds. The molecule has 0 unspecified atom stereocenters. The van der Waals surface area contributed by atoms with Crippen molar-refractivity contribution in [3.63, 3.8) is 0 Å². The third-order valence-electron chi connectivity index (χ3n) is 7.04. The van der Waals surface area contributed by atoms with Crippen molar-refractivity contribution in [2.24, 2.45) is 5.92 Å². The van der Waals surface area contributed by atoms with Gasteiger partial charge in [-0.25, -0.2) is 8.42 Å². The summed E-state index contributed by atoms with van der Waals surface area (Å²) in [5.41, 5.74) is 3.91. The summed E-state index contributed by atoms with van der Waals surface area (Å²) >= 11 is 0. The van der Waals surface area contributed by atoms with Crippen molar-refractivity contribution < 1.29 is 27.5 Å². The first-order valence-corrected chi connectivity index (χ1v) is 15.7. The van der Waals surface area contributed by atoms with Crippen LogP contribution in [0.3, 0.4) is 0 Å². The lowest BCUT2D eigenvalue weighted by Crippen LogP contribution is -2.51. The minimum atomic E-state index is -4.27. The second-order valence-electron chi connectivity index (χ2n) is 11.2. The number of rotatable bonds is 13. The van der Waals surface area contributed by atoms with Gasteiger partial charge in [-0.05, 0) is 74.6 Å². The first-order chi connectivity index (χ1) is 20.3. The summed E-state index contributed by atoms with van der Waals surface area (Å²) in [6.45, 7) is 11.4. The predicted molar refractivity (Wildman–Crippen MR) is 169 cm³/mol. The largest absolute Gasteiger partial charge is 0.493 e. The van der Waals surface area contributed by atoms with Crippen LogP contribution < -0.4 is 19.1 Å². The van der Waals surface area contributed by atoms with E-state index in [9.17, 15) is 18.0 Å². The minimum absolute atomic E-state index is 0.0649. The van der Waals surface area contributed by atoms with E-state index in [4.69, 9.17) is 9.47 Å². The third-order valence-corrected chi connectivity index (χ3v) is 8.81. The maximum Gasteiger partial charge on any atom is 0.264 e. The van der Waals surface area contributed by atoms with Crippen molar-refractivity contribution in [2.75, 3.05) is 31.6 Å². The number of hydrogen-bond acceptors (Lipinski definition) is 6. The summed E-state index contributed by atoms with van der Waals surface area (Å²) in [5, 5.41) is 2.90. The molecule has 232 valence electrons. The summed E-state index contributed by atoms with van der Waals surface area (Å²) in [6, 6.07) is 16.5. The molecule has 0 saturated carbocycles. The number of hydrogen-bond donors (Lipinski definition) is 1. The van der Waals surface area contributed by atoms with Crippen LogP contribution >= 0.6 is 0 Å². The van der Waals surface area contributed by atoms with Crippen LogP contribution in [0.4, 0.5) is 5.69 Å². The average Bonchev–Trinajstić information content (AvgIpc) is 2.96. The van der Waals surface area contributed by atoms with Gasteiger partial charge in [0.15, 0.2) is 11.5 Å². The lowest BCUT2D eigenvalue weighted by Gasteiger charge is -2.32. The number of methoxy groups -OCH3 is 2. The molecule has 43 heavy (non-hydrogen) atoms. The molecule has 10 heteroatoms. The number of nitrogens with zero attached hydrogens (tertiary/aromatic N) is 2. The van der Waals surface area contributed by atoms with Crippen LogP contribution in [0.1, 0.15) is 43.0 Å². The van der Waals surface area contributed by atoms with Crippen LogP contribution in [-0.4, -0.2) is 58.5 Å². The molecule has 1 atom stereocenters. The van der Waals surface area contributed by atoms with Gasteiger partial charge in [0, 0.05) is 19.2 Å². The van der Waals surface area contributed by atoms with Gasteiger partial charge in [-0.2, -0.15) is 0 Å². The fourth-order valence-electron chi connectivity index (χ4n) is 4.65. The van der Waals surface area contributed by atoms with Crippen LogP contribution in [0.2, 0.25) is 0 Å². The maximum absolute atomic E-state index is 14.2. The third kappa shape index (κ3) is 8.50. The zero-order valence-electron chi connectivity index (χ0n) is 26.3. The Bertz CT molecular complexity index is 1520. The number of anilines is 1. The summed E-state index contributed by atoms with van der Waals surface area (Å²) in [4.78, 5) is 28.7.